The minimum atomic E-state index is -0.238. The average molecular weight is 376 g/mol. The molecule has 3 nitrogen and oxygen atoms in total. The smallest absolute Gasteiger partial charge is 0.150 e. The Labute approximate surface area is 161 Å². The van der Waals surface area contributed by atoms with Crippen LogP contribution in [0, 0.1) is 5.82 Å². The maximum Gasteiger partial charge on any atom is 0.150 e. The molecule has 0 aliphatic heterocycles. The minimum Gasteiger partial charge on any atom is -0.350 e. The van der Waals surface area contributed by atoms with Crippen molar-refractivity contribution >= 4 is 34.8 Å². The van der Waals surface area contributed by atoms with Gasteiger partial charge in [-0.2, -0.15) is 0 Å². The number of carbonyl (C=O) groups excluding carboxylic acids is 1. The third kappa shape index (κ3) is 3.59. The van der Waals surface area contributed by atoms with Gasteiger partial charge in [0.05, 0.1) is 0 Å². The highest BCUT2D eigenvalue weighted by atomic mass is 32.2. The van der Waals surface area contributed by atoms with Crippen LogP contribution in [0.2, 0.25) is 0 Å². The van der Waals surface area contributed by atoms with Crippen molar-refractivity contribution in [1.29, 1.82) is 0 Å². The lowest BCUT2D eigenvalue weighted by Gasteiger charge is -2.07. The maximum absolute atomic E-state index is 13.3. The van der Waals surface area contributed by atoms with Crippen molar-refractivity contribution in [3.8, 4) is 11.1 Å². The number of aldehydes is 1. The van der Waals surface area contributed by atoms with Crippen molar-refractivity contribution in [1.82, 2.24) is 4.57 Å². The van der Waals surface area contributed by atoms with E-state index in [1.807, 2.05) is 25.2 Å². The van der Waals surface area contributed by atoms with Gasteiger partial charge in [0.1, 0.15) is 12.1 Å². The van der Waals surface area contributed by atoms with Gasteiger partial charge < -0.3 is 9.29 Å². The zero-order chi connectivity index (χ0) is 18.8. The molecular weight excluding hydrogens is 359 g/mol. The highest BCUT2D eigenvalue weighted by Gasteiger charge is 2.10. The van der Waals surface area contributed by atoms with Crippen LogP contribution in [-0.4, -0.2) is 10.9 Å². The highest BCUT2D eigenvalue weighted by Crippen LogP contribution is 2.33. The summed E-state index contributed by atoms with van der Waals surface area (Å²) >= 11 is 1.49. The Morgan fingerprint density at radius 2 is 1.74 bits per heavy atom. The number of rotatable bonds is 5. The largest absolute Gasteiger partial charge is 0.350 e. The Morgan fingerprint density at radius 1 is 1.00 bits per heavy atom. The number of aryl methyl sites for hydroxylation is 1. The van der Waals surface area contributed by atoms with Crippen LogP contribution in [0.15, 0.2) is 77.8 Å². The number of carbonyl (C=O) groups is 1. The fraction of sp³-hybridized carbons (Fsp3) is 0.0455. The van der Waals surface area contributed by atoms with Crippen LogP contribution >= 0.6 is 11.9 Å². The zero-order valence-corrected chi connectivity index (χ0v) is 15.5. The van der Waals surface area contributed by atoms with Gasteiger partial charge in [-0.15, -0.1) is 0 Å². The quantitative estimate of drug-likeness (QED) is 0.347. The van der Waals surface area contributed by atoms with Gasteiger partial charge in [0, 0.05) is 45.9 Å². The molecule has 4 aromatic rings. The number of hydrogen-bond donors (Lipinski definition) is 1. The second-order valence-corrected chi connectivity index (χ2v) is 7.16. The molecule has 0 fully saturated rings. The van der Waals surface area contributed by atoms with Gasteiger partial charge in [-0.3, -0.25) is 4.79 Å². The Bertz CT molecular complexity index is 1100. The Hall–Kier alpha value is -3.05. The zero-order valence-electron chi connectivity index (χ0n) is 14.6. The van der Waals surface area contributed by atoms with Crippen LogP contribution < -0.4 is 4.72 Å². The molecule has 5 heteroatoms. The van der Waals surface area contributed by atoms with Crippen molar-refractivity contribution in [2.45, 2.75) is 4.90 Å². The number of nitrogens with one attached hydrogen (secondary N) is 1. The number of anilines is 1. The lowest BCUT2D eigenvalue weighted by molar-refractivity contribution is 0.112. The van der Waals surface area contributed by atoms with Crippen LogP contribution in [0.1, 0.15) is 10.4 Å². The lowest BCUT2D eigenvalue weighted by Crippen LogP contribution is -1.88. The Balaban J connectivity index is 1.63. The molecule has 1 heterocycles. The third-order valence-electron chi connectivity index (χ3n) is 4.45. The minimum absolute atomic E-state index is 0.238. The number of nitrogens with zero attached hydrogens (tertiary/aromatic N) is 1. The topological polar surface area (TPSA) is 34.0 Å². The van der Waals surface area contributed by atoms with Crippen LogP contribution in [0.5, 0.6) is 0 Å². The van der Waals surface area contributed by atoms with E-state index in [0.29, 0.717) is 5.56 Å². The summed E-state index contributed by atoms with van der Waals surface area (Å²) in [7, 11) is 2.01. The summed E-state index contributed by atoms with van der Waals surface area (Å²) in [6.45, 7) is 0. The maximum atomic E-state index is 13.3. The SMILES string of the molecule is Cn1cc(-c2ccc(F)cc2)c2cc(NSc3ccc(C=O)cc3)ccc21. The normalized spacial score (nSPS) is 10.9. The van der Waals surface area contributed by atoms with Gasteiger partial charge in [-0.1, -0.05) is 24.3 Å². The summed E-state index contributed by atoms with van der Waals surface area (Å²) in [4.78, 5) is 11.8. The van der Waals surface area contributed by atoms with Crippen LogP contribution in [-0.2, 0) is 7.05 Å². The molecule has 3 aromatic carbocycles. The molecule has 0 saturated carbocycles. The summed E-state index contributed by atoms with van der Waals surface area (Å²) in [6, 6.07) is 20.2. The van der Waals surface area contributed by atoms with E-state index < -0.39 is 0 Å². The Kier molecular flexibility index (Phi) is 4.69. The number of benzene rings is 3. The first-order valence-electron chi connectivity index (χ1n) is 8.47. The number of aromatic nitrogens is 1. The van der Waals surface area contributed by atoms with E-state index in [1.54, 1.807) is 24.3 Å². The van der Waals surface area contributed by atoms with E-state index in [-0.39, 0.29) is 5.82 Å². The first-order valence-corrected chi connectivity index (χ1v) is 9.29. The van der Waals surface area contributed by atoms with E-state index >= 15 is 0 Å². The monoisotopic (exact) mass is 376 g/mol. The van der Waals surface area contributed by atoms with Gasteiger partial charge >= 0.3 is 0 Å². The molecule has 134 valence electrons. The fourth-order valence-electron chi connectivity index (χ4n) is 3.05. The van der Waals surface area contributed by atoms with E-state index in [4.69, 9.17) is 0 Å². The van der Waals surface area contributed by atoms with E-state index in [2.05, 4.69) is 27.6 Å². The molecule has 0 saturated heterocycles. The van der Waals surface area contributed by atoms with Gasteiger partial charge in [0.25, 0.3) is 0 Å². The summed E-state index contributed by atoms with van der Waals surface area (Å²) in [5, 5.41) is 1.10. The fourth-order valence-corrected chi connectivity index (χ4v) is 3.68. The van der Waals surface area contributed by atoms with Crippen molar-refractivity contribution in [2.75, 3.05) is 4.72 Å². The number of fused-ring (bicyclic) bond motifs is 1. The molecule has 1 N–H and O–H groups in total. The van der Waals surface area contributed by atoms with Gasteiger partial charge in [-0.05, 0) is 60.0 Å². The summed E-state index contributed by atoms with van der Waals surface area (Å²) < 4.78 is 18.7. The molecule has 0 aliphatic carbocycles. The summed E-state index contributed by atoms with van der Waals surface area (Å²) in [5.74, 6) is -0.238. The lowest BCUT2D eigenvalue weighted by atomic mass is 10.0. The molecule has 1 aromatic heterocycles. The molecular formula is C22H17FN2OS. The molecule has 0 amide bonds. The number of hydrogen-bond acceptors (Lipinski definition) is 3. The molecule has 0 spiro atoms. The summed E-state index contributed by atoms with van der Waals surface area (Å²) in [6.07, 6.45) is 2.90. The van der Waals surface area contributed by atoms with Gasteiger partial charge in [-0.25, -0.2) is 4.39 Å². The van der Waals surface area contributed by atoms with E-state index in [0.717, 1.165) is 38.9 Å². The van der Waals surface area contributed by atoms with Crippen molar-refractivity contribution < 1.29 is 9.18 Å². The van der Waals surface area contributed by atoms with Crippen LogP contribution in [0.3, 0.4) is 0 Å². The van der Waals surface area contributed by atoms with Crippen LogP contribution in [0.4, 0.5) is 10.1 Å². The molecule has 0 atom stereocenters. The first kappa shape index (κ1) is 17.4. The highest BCUT2D eigenvalue weighted by molar-refractivity contribution is 8.00. The molecule has 4 rings (SSSR count). The van der Waals surface area contributed by atoms with Crippen molar-refractivity contribution in [3.05, 3.63) is 84.3 Å². The molecule has 27 heavy (non-hydrogen) atoms. The second kappa shape index (κ2) is 7.29. The third-order valence-corrected chi connectivity index (χ3v) is 5.29. The summed E-state index contributed by atoms with van der Waals surface area (Å²) in [5.41, 5.74) is 4.79. The Morgan fingerprint density at radius 3 is 2.44 bits per heavy atom. The van der Waals surface area contributed by atoms with Crippen LogP contribution in [0.25, 0.3) is 22.0 Å². The van der Waals surface area contributed by atoms with Gasteiger partial charge in [0.15, 0.2) is 0 Å². The molecule has 0 unspecified atom stereocenters. The van der Waals surface area contributed by atoms with Crippen molar-refractivity contribution in [2.24, 2.45) is 7.05 Å². The molecule has 0 radical (unpaired) electrons. The molecule has 0 aliphatic rings. The second-order valence-electron chi connectivity index (χ2n) is 6.28. The van der Waals surface area contributed by atoms with Crippen molar-refractivity contribution in [3.63, 3.8) is 0 Å². The standard InChI is InChI=1S/C22H17FN2OS/c1-25-13-21(16-4-6-17(23)7-5-16)20-12-18(8-11-22(20)25)24-27-19-9-2-15(14-26)3-10-19/h2-14,24H,1H3. The predicted octanol–water partition coefficient (Wildman–Crippen LogP) is 5.92. The van der Waals surface area contributed by atoms with Gasteiger partial charge in [0.2, 0.25) is 0 Å². The average Bonchev–Trinajstić information content (AvgIpc) is 3.03. The first-order chi connectivity index (χ1) is 13.1. The number of halogens is 1. The molecule has 0 bridgehead atoms. The van der Waals surface area contributed by atoms with E-state index in [9.17, 15) is 9.18 Å². The van der Waals surface area contributed by atoms with E-state index in [1.165, 1.54) is 24.1 Å². The predicted molar refractivity (Wildman–Crippen MR) is 110 cm³/mol.